The van der Waals surface area contributed by atoms with Crippen LogP contribution in [-0.2, 0) is 6.18 Å². The number of rotatable bonds is 1. The van der Waals surface area contributed by atoms with Crippen LogP contribution in [0.1, 0.15) is 5.01 Å². The maximum absolute atomic E-state index is 11.7. The molecule has 0 saturated carbocycles. The number of nitrogens with zero attached hydrogens (tertiary/aromatic N) is 2. The van der Waals surface area contributed by atoms with E-state index in [1.807, 2.05) is 0 Å². The van der Waals surface area contributed by atoms with Crippen molar-refractivity contribution in [3.8, 4) is 5.19 Å². The fourth-order valence-corrected chi connectivity index (χ4v) is 0.852. The zero-order valence-corrected chi connectivity index (χ0v) is 5.66. The van der Waals surface area contributed by atoms with E-state index in [2.05, 4.69) is 15.0 Å². The summed E-state index contributed by atoms with van der Waals surface area (Å²) < 4.78 is 35.2. The first-order valence-corrected chi connectivity index (χ1v) is 3.10. The zero-order chi connectivity index (χ0) is 8.48. The fraction of sp³-hybridized carbons (Fsp3) is 0.333. The third kappa shape index (κ3) is 1.77. The van der Waals surface area contributed by atoms with Crippen LogP contribution in [0, 0.1) is 0 Å². The van der Waals surface area contributed by atoms with Gasteiger partial charge in [-0.25, -0.2) is 0 Å². The maximum atomic E-state index is 11.7. The first kappa shape index (κ1) is 8.21. The van der Waals surface area contributed by atoms with Crippen molar-refractivity contribution < 1.29 is 18.0 Å². The summed E-state index contributed by atoms with van der Waals surface area (Å²) in [4.78, 5) is 3.68. The lowest BCUT2D eigenvalue weighted by Crippen LogP contribution is -2.03. The molecule has 0 fully saturated rings. The highest BCUT2D eigenvalue weighted by atomic mass is 32.1. The molecule has 0 saturated heterocycles. The summed E-state index contributed by atoms with van der Waals surface area (Å²) in [5.41, 5.74) is 0. The number of halogens is 3. The highest BCUT2D eigenvalue weighted by molar-refractivity contribution is 7.13. The average Bonchev–Trinajstić information content (AvgIpc) is 2.32. The Morgan fingerprint density at radius 2 is 2.00 bits per heavy atom. The van der Waals surface area contributed by atoms with Gasteiger partial charge in [-0.2, -0.15) is 13.2 Å². The van der Waals surface area contributed by atoms with Gasteiger partial charge in [0.25, 0.3) is 5.19 Å². The summed E-state index contributed by atoms with van der Waals surface area (Å²) in [6.45, 7) is 0. The van der Waals surface area contributed by atoms with Crippen molar-refractivity contribution in [2.45, 2.75) is 6.18 Å². The number of aromatic nitrogens is 2. The smallest absolute Gasteiger partial charge is 0.445 e. The standard InChI is InChI=1S/C3HF3N3OS/c4-3(5,6)1-8-9-2(10-7)11-1/h7H/q-1. The quantitative estimate of drug-likeness (QED) is 0.626. The molecule has 0 aliphatic heterocycles. The van der Waals surface area contributed by atoms with Crippen LogP contribution < -0.4 is 4.84 Å². The van der Waals surface area contributed by atoms with Gasteiger partial charge in [0, 0.05) is 0 Å². The van der Waals surface area contributed by atoms with Crippen molar-refractivity contribution in [2.75, 3.05) is 0 Å². The maximum Gasteiger partial charge on any atom is 0.445 e. The second-order valence-electron chi connectivity index (χ2n) is 1.47. The molecule has 0 unspecified atom stereocenters. The molecule has 0 amide bonds. The van der Waals surface area contributed by atoms with Gasteiger partial charge in [0.2, 0.25) is 5.01 Å². The van der Waals surface area contributed by atoms with E-state index >= 15 is 0 Å². The third-order valence-corrected chi connectivity index (χ3v) is 1.58. The highest BCUT2D eigenvalue weighted by Gasteiger charge is 2.35. The van der Waals surface area contributed by atoms with Crippen LogP contribution in [0.2, 0.25) is 0 Å². The Kier molecular flexibility index (Phi) is 1.96. The highest BCUT2D eigenvalue weighted by Crippen LogP contribution is 2.33. The average molecular weight is 184 g/mol. The van der Waals surface area contributed by atoms with Crippen LogP contribution in [-0.4, -0.2) is 10.2 Å². The number of alkyl halides is 3. The van der Waals surface area contributed by atoms with E-state index in [0.29, 0.717) is 0 Å². The van der Waals surface area contributed by atoms with Gasteiger partial charge in [-0.05, 0) is 0 Å². The fourth-order valence-electron chi connectivity index (χ4n) is 0.366. The predicted octanol–water partition coefficient (Wildman–Crippen LogP) is 1.90. The topological polar surface area (TPSA) is 58.8 Å². The Labute approximate surface area is 62.7 Å². The lowest BCUT2D eigenvalue weighted by molar-refractivity contribution is -0.138. The van der Waals surface area contributed by atoms with Crippen LogP contribution in [0.4, 0.5) is 13.2 Å². The molecular weight excluding hydrogens is 183 g/mol. The van der Waals surface area contributed by atoms with E-state index in [1.54, 1.807) is 0 Å². The predicted molar refractivity (Wildman–Crippen MR) is 29.9 cm³/mol. The molecule has 1 rings (SSSR count). The number of nitrogens with one attached hydrogen (secondary N) is 1. The molecule has 4 nitrogen and oxygen atoms in total. The Balaban J connectivity index is 2.89. The summed E-state index contributed by atoms with van der Waals surface area (Å²) >= 11 is 0.183. The molecule has 0 aliphatic rings. The minimum atomic E-state index is -4.51. The zero-order valence-electron chi connectivity index (χ0n) is 4.84. The van der Waals surface area contributed by atoms with Gasteiger partial charge in [-0.15, -0.1) is 10.2 Å². The van der Waals surface area contributed by atoms with Gasteiger partial charge in [0.05, 0.1) is 0 Å². The van der Waals surface area contributed by atoms with Crippen LogP contribution in [0.15, 0.2) is 0 Å². The first-order valence-electron chi connectivity index (χ1n) is 2.28. The van der Waals surface area contributed by atoms with Gasteiger partial charge in [-0.3, -0.25) is 0 Å². The van der Waals surface area contributed by atoms with E-state index in [4.69, 9.17) is 5.90 Å². The molecule has 1 heterocycles. The van der Waals surface area contributed by atoms with Gasteiger partial charge in [-0.1, -0.05) is 11.3 Å². The Morgan fingerprint density at radius 1 is 1.36 bits per heavy atom. The van der Waals surface area contributed by atoms with Gasteiger partial charge < -0.3 is 10.7 Å². The first-order chi connectivity index (χ1) is 5.04. The van der Waals surface area contributed by atoms with E-state index in [0.717, 1.165) is 0 Å². The van der Waals surface area contributed by atoms with Crippen LogP contribution in [0.3, 0.4) is 0 Å². The summed E-state index contributed by atoms with van der Waals surface area (Å²) in [7, 11) is 0. The molecule has 1 N–H and O–H groups in total. The van der Waals surface area contributed by atoms with Crippen LogP contribution in [0.5, 0.6) is 5.19 Å². The second-order valence-corrected chi connectivity index (χ2v) is 2.41. The Bertz CT molecular complexity index is 246. The molecule has 62 valence electrons. The number of hydrogen-bond acceptors (Lipinski definition) is 4. The second kappa shape index (κ2) is 2.62. The van der Waals surface area contributed by atoms with Crippen molar-refractivity contribution in [3.63, 3.8) is 0 Å². The monoisotopic (exact) mass is 184 g/mol. The Hall–Kier alpha value is -0.890. The van der Waals surface area contributed by atoms with Crippen molar-refractivity contribution in [1.82, 2.24) is 10.2 Å². The molecule has 8 heteroatoms. The van der Waals surface area contributed by atoms with Crippen LogP contribution in [0.25, 0.3) is 5.90 Å². The molecule has 0 spiro atoms. The molecule has 11 heavy (non-hydrogen) atoms. The lowest BCUT2D eigenvalue weighted by Gasteiger charge is -1.99. The summed E-state index contributed by atoms with van der Waals surface area (Å²) in [5, 5.41) is 4.17. The van der Waals surface area contributed by atoms with Crippen molar-refractivity contribution in [3.05, 3.63) is 10.9 Å². The van der Waals surface area contributed by atoms with E-state index < -0.39 is 16.4 Å². The molecule has 0 aromatic carbocycles. The van der Waals surface area contributed by atoms with E-state index in [9.17, 15) is 13.2 Å². The number of hydrogen-bond donors (Lipinski definition) is 0. The summed E-state index contributed by atoms with van der Waals surface area (Å²) in [6, 6.07) is 0. The molecule has 0 radical (unpaired) electrons. The third-order valence-electron chi connectivity index (χ3n) is 0.736. The van der Waals surface area contributed by atoms with Gasteiger partial charge in [0.15, 0.2) is 0 Å². The Morgan fingerprint density at radius 3 is 2.27 bits per heavy atom. The molecule has 1 aromatic rings. The van der Waals surface area contributed by atoms with Crippen molar-refractivity contribution in [1.29, 1.82) is 0 Å². The van der Waals surface area contributed by atoms with Crippen molar-refractivity contribution in [2.24, 2.45) is 0 Å². The molecular formula is C3HF3N3OS-. The van der Waals surface area contributed by atoms with Crippen molar-refractivity contribution >= 4 is 11.3 Å². The van der Waals surface area contributed by atoms with Gasteiger partial charge in [0.1, 0.15) is 0 Å². The van der Waals surface area contributed by atoms with Crippen LogP contribution >= 0.6 is 11.3 Å². The lowest BCUT2D eigenvalue weighted by atomic mass is 10.7. The van der Waals surface area contributed by atoms with E-state index in [-0.39, 0.29) is 11.3 Å². The normalized spacial score (nSPS) is 11.6. The summed E-state index contributed by atoms with van der Waals surface area (Å²) in [6.07, 6.45) is -4.51. The SMILES string of the molecule is [NH-]Oc1nnc(C(F)(F)F)s1. The largest absolute Gasteiger partial charge is 0.567 e. The van der Waals surface area contributed by atoms with E-state index in [1.165, 1.54) is 0 Å². The molecule has 1 aromatic heterocycles. The molecule has 0 bridgehead atoms. The van der Waals surface area contributed by atoms with Gasteiger partial charge >= 0.3 is 6.18 Å². The minimum absolute atomic E-state index is 0.183. The molecule has 0 aliphatic carbocycles. The molecule has 0 atom stereocenters. The minimum Gasteiger partial charge on any atom is -0.567 e. The summed E-state index contributed by atoms with van der Waals surface area (Å²) in [5.74, 6) is 6.20.